The van der Waals surface area contributed by atoms with Gasteiger partial charge in [0, 0.05) is 59.1 Å². The van der Waals surface area contributed by atoms with Gasteiger partial charge < -0.3 is 44.5 Å². The summed E-state index contributed by atoms with van der Waals surface area (Å²) < 4.78 is 30.5. The Labute approximate surface area is 310 Å². The lowest BCUT2D eigenvalue weighted by atomic mass is 9.74. The normalized spacial score (nSPS) is 34.4. The summed E-state index contributed by atoms with van der Waals surface area (Å²) in [5, 5.41) is 34.8. The van der Waals surface area contributed by atoms with Crippen LogP contribution in [0.5, 0.6) is 28.7 Å². The molecule has 0 amide bonds. The van der Waals surface area contributed by atoms with Gasteiger partial charge in [-0.1, -0.05) is 30.4 Å². The van der Waals surface area contributed by atoms with Crippen molar-refractivity contribution >= 4 is 23.7 Å². The standard InChI is InChI=1S/C39H42N4O9S/c1-16-11-19-12-23-37(46)43-24-13-49-38(47)39(36-21(9-10-40-39)20-7-5-6-8-22(20)42-36)14-53-35(29(43)28(41-23)25(19)30(45)31(16)48-4)27-26(24)34-33(50-15-51-34)17(2)32(27)52-18(3)44/h5-8,11,20,22-24,28-29,35,37,40-42,45-46H,9-10,12-15H2,1-4H3. The molecule has 2 aromatic carbocycles. The van der Waals surface area contributed by atoms with Gasteiger partial charge in [-0.05, 0) is 43.4 Å². The van der Waals surface area contributed by atoms with Crippen LogP contribution in [-0.2, 0) is 20.7 Å². The highest BCUT2D eigenvalue weighted by Crippen LogP contribution is 2.63. The van der Waals surface area contributed by atoms with Gasteiger partial charge in [-0.3, -0.25) is 15.0 Å². The van der Waals surface area contributed by atoms with Crippen LogP contribution in [0.25, 0.3) is 0 Å². The third-order valence-corrected chi connectivity index (χ3v) is 14.0. The van der Waals surface area contributed by atoms with Crippen molar-refractivity contribution in [2.75, 3.05) is 32.8 Å². The number of hydrogen-bond donors (Lipinski definition) is 5. The molecule has 1 aliphatic carbocycles. The topological polar surface area (TPSA) is 160 Å². The Morgan fingerprint density at radius 3 is 2.72 bits per heavy atom. The molecule has 2 fully saturated rings. The third-order valence-electron chi connectivity index (χ3n) is 12.5. The molecular weight excluding hydrogens is 701 g/mol. The number of methoxy groups -OCH3 is 1. The van der Waals surface area contributed by atoms with Crippen LogP contribution in [0.1, 0.15) is 64.1 Å². The number of phenols is 1. The number of thioether (sulfide) groups is 1. The maximum Gasteiger partial charge on any atom is 0.333 e. The van der Waals surface area contributed by atoms with Crippen molar-refractivity contribution in [3.8, 4) is 28.7 Å². The summed E-state index contributed by atoms with van der Waals surface area (Å²) in [5.41, 5.74) is 5.32. The van der Waals surface area contributed by atoms with E-state index in [1.165, 1.54) is 12.5 Å². The first-order valence-electron chi connectivity index (χ1n) is 18.3. The number of benzene rings is 2. The molecule has 0 aromatic heterocycles. The predicted molar refractivity (Wildman–Crippen MR) is 193 cm³/mol. The highest BCUT2D eigenvalue weighted by atomic mass is 32.2. The number of aryl methyl sites for hydroxylation is 1. The molecule has 9 unspecified atom stereocenters. The molecule has 14 heteroatoms. The van der Waals surface area contributed by atoms with Crippen LogP contribution < -0.4 is 34.9 Å². The van der Waals surface area contributed by atoms with Crippen LogP contribution in [0, 0.1) is 19.8 Å². The lowest BCUT2D eigenvalue weighted by Gasteiger charge is -2.59. The largest absolute Gasteiger partial charge is 0.504 e. The number of aliphatic hydroxyl groups excluding tert-OH is 1. The van der Waals surface area contributed by atoms with Crippen molar-refractivity contribution < 1.29 is 43.5 Å². The van der Waals surface area contributed by atoms with E-state index in [-0.39, 0.29) is 36.9 Å². The lowest BCUT2D eigenvalue weighted by Crippen LogP contribution is -2.70. The number of esters is 2. The van der Waals surface area contributed by atoms with E-state index in [0.717, 1.165) is 28.8 Å². The number of aliphatic hydroxyl groups is 1. The number of ether oxygens (including phenoxy) is 5. The van der Waals surface area contributed by atoms with Crippen molar-refractivity contribution in [2.45, 2.75) is 80.8 Å². The Morgan fingerprint density at radius 1 is 1.09 bits per heavy atom. The van der Waals surface area contributed by atoms with Crippen LogP contribution in [-0.4, -0.2) is 89.8 Å². The number of hydrogen-bond acceptors (Lipinski definition) is 14. The second-order valence-corrected chi connectivity index (χ2v) is 16.3. The molecule has 1 spiro atoms. The molecule has 9 atom stereocenters. The summed E-state index contributed by atoms with van der Waals surface area (Å²) in [5.74, 6) is 1.30. The van der Waals surface area contributed by atoms with E-state index < -0.39 is 53.1 Å². The van der Waals surface area contributed by atoms with E-state index in [2.05, 4.69) is 34.2 Å². The van der Waals surface area contributed by atoms with Crippen LogP contribution in [0.15, 0.2) is 41.6 Å². The number of fused-ring (bicyclic) bond motifs is 10. The molecule has 9 aliphatic rings. The summed E-state index contributed by atoms with van der Waals surface area (Å²) in [7, 11) is 1.55. The van der Waals surface area contributed by atoms with Gasteiger partial charge in [0.2, 0.25) is 6.79 Å². The number of aromatic hydroxyl groups is 1. The quantitative estimate of drug-likeness (QED) is 0.226. The second kappa shape index (κ2) is 11.9. The average Bonchev–Trinajstić information content (AvgIpc) is 3.79. The minimum atomic E-state index is -1.19. The fourth-order valence-corrected chi connectivity index (χ4v) is 12.1. The fourth-order valence-electron chi connectivity index (χ4n) is 10.4. The van der Waals surface area contributed by atoms with Crippen molar-refractivity contribution in [3.05, 3.63) is 75.0 Å². The molecule has 0 radical (unpaired) electrons. The highest BCUT2D eigenvalue weighted by molar-refractivity contribution is 7.99. The molecule has 53 heavy (non-hydrogen) atoms. The predicted octanol–water partition coefficient (Wildman–Crippen LogP) is 3.02. The van der Waals surface area contributed by atoms with Gasteiger partial charge in [-0.2, -0.15) is 0 Å². The molecule has 0 saturated carbocycles. The Bertz CT molecular complexity index is 2080. The molecular formula is C39H42N4O9S. The van der Waals surface area contributed by atoms with Crippen molar-refractivity contribution in [3.63, 3.8) is 0 Å². The molecule has 13 nitrogen and oxygen atoms in total. The summed E-state index contributed by atoms with van der Waals surface area (Å²) in [6.45, 7) is 5.57. The van der Waals surface area contributed by atoms with E-state index >= 15 is 0 Å². The first-order valence-corrected chi connectivity index (χ1v) is 19.3. The van der Waals surface area contributed by atoms with E-state index in [4.69, 9.17) is 23.7 Å². The molecule has 4 bridgehead atoms. The van der Waals surface area contributed by atoms with Gasteiger partial charge in [0.25, 0.3) is 0 Å². The zero-order valence-electron chi connectivity index (χ0n) is 29.9. The van der Waals surface area contributed by atoms with Gasteiger partial charge in [-0.25, -0.2) is 4.79 Å². The van der Waals surface area contributed by atoms with Crippen LogP contribution in [0.4, 0.5) is 0 Å². The number of allylic oxidation sites excluding steroid dienone is 2. The van der Waals surface area contributed by atoms with Crippen LogP contribution in [0.2, 0.25) is 0 Å². The summed E-state index contributed by atoms with van der Waals surface area (Å²) >= 11 is 1.55. The fraction of sp³-hybridized carbons (Fsp3) is 0.487. The number of nitrogens with zero attached hydrogens (tertiary/aromatic N) is 1. The molecule has 278 valence electrons. The van der Waals surface area contributed by atoms with E-state index in [0.29, 0.717) is 52.7 Å². The maximum atomic E-state index is 14.7. The minimum Gasteiger partial charge on any atom is -0.504 e. The van der Waals surface area contributed by atoms with Gasteiger partial charge >= 0.3 is 11.9 Å². The van der Waals surface area contributed by atoms with E-state index in [1.54, 1.807) is 18.9 Å². The summed E-state index contributed by atoms with van der Waals surface area (Å²) in [6, 6.07) is -0.0702. The smallest absolute Gasteiger partial charge is 0.333 e. The Balaban J connectivity index is 1.21. The van der Waals surface area contributed by atoms with Gasteiger partial charge in [0.05, 0.1) is 36.5 Å². The van der Waals surface area contributed by atoms with Crippen molar-refractivity contribution in [2.24, 2.45) is 5.92 Å². The maximum absolute atomic E-state index is 14.7. The Hall–Kier alpha value is -4.21. The number of nitrogens with one attached hydrogen (secondary N) is 3. The van der Waals surface area contributed by atoms with Crippen LogP contribution in [0.3, 0.4) is 0 Å². The zero-order valence-corrected chi connectivity index (χ0v) is 30.7. The second-order valence-electron chi connectivity index (χ2n) is 15.2. The SMILES string of the molecule is COc1c(C)cc2c(c1O)C1NC(C2)C(O)N2C3COC(=O)C4(CSC(c5c(OC(C)=O)c(C)c6c(c53)OCO6)C12)NCCC1=C4NC2C=CC=CC12. The molecule has 2 saturated heterocycles. The third kappa shape index (κ3) is 4.53. The Kier molecular flexibility index (Phi) is 7.49. The van der Waals surface area contributed by atoms with Gasteiger partial charge in [0.15, 0.2) is 28.5 Å². The monoisotopic (exact) mass is 742 g/mol. The summed E-state index contributed by atoms with van der Waals surface area (Å²) in [6.07, 6.45) is 8.65. The molecule has 5 N–H and O–H groups in total. The number of phenolic OH excluding ortho intramolecular Hbond substituents is 1. The van der Waals surface area contributed by atoms with Gasteiger partial charge in [-0.15, -0.1) is 11.8 Å². The first kappa shape index (κ1) is 33.4. The average molecular weight is 743 g/mol. The number of carbonyl (C=O) groups excluding carboxylic acids is 2. The zero-order chi connectivity index (χ0) is 36.5. The number of piperazine rings is 1. The summed E-state index contributed by atoms with van der Waals surface area (Å²) in [4.78, 5) is 29.6. The molecule has 2 aromatic rings. The van der Waals surface area contributed by atoms with Gasteiger partial charge in [0.1, 0.15) is 18.6 Å². The molecule has 8 aliphatic heterocycles. The van der Waals surface area contributed by atoms with E-state index in [9.17, 15) is 19.8 Å². The molecule has 11 rings (SSSR count). The molecule has 8 heterocycles. The van der Waals surface area contributed by atoms with Crippen molar-refractivity contribution in [1.29, 1.82) is 0 Å². The van der Waals surface area contributed by atoms with E-state index in [1.807, 2.05) is 30.9 Å². The number of rotatable bonds is 2. The van der Waals surface area contributed by atoms with Crippen LogP contribution >= 0.6 is 11.8 Å². The van der Waals surface area contributed by atoms with Crippen molar-refractivity contribution in [1.82, 2.24) is 20.9 Å². The lowest BCUT2D eigenvalue weighted by molar-refractivity contribution is -0.163. The Morgan fingerprint density at radius 2 is 1.91 bits per heavy atom. The number of carbonyl (C=O) groups is 2. The first-order chi connectivity index (χ1) is 25.6. The highest BCUT2D eigenvalue weighted by Gasteiger charge is 2.61. The minimum absolute atomic E-state index is 0.0313.